The zero-order valence-corrected chi connectivity index (χ0v) is 26.1. The van der Waals surface area contributed by atoms with E-state index >= 15 is 0 Å². The van der Waals surface area contributed by atoms with Crippen LogP contribution >= 0.6 is 0 Å². The number of aromatic nitrogens is 2. The molecule has 6 rings (SSSR count). The Bertz CT molecular complexity index is 1770. The first-order chi connectivity index (χ1) is 22.8. The Morgan fingerprint density at radius 2 is 1.81 bits per heavy atom. The van der Waals surface area contributed by atoms with E-state index < -0.39 is 11.6 Å². The maximum atomic E-state index is 14.8. The van der Waals surface area contributed by atoms with E-state index in [-0.39, 0.29) is 23.4 Å². The third kappa shape index (κ3) is 7.42. The highest BCUT2D eigenvalue weighted by Crippen LogP contribution is 2.40. The van der Waals surface area contributed by atoms with Crippen LogP contribution < -0.4 is 30.1 Å². The van der Waals surface area contributed by atoms with Gasteiger partial charge in [-0.2, -0.15) is 0 Å². The molecule has 1 atom stereocenters. The van der Waals surface area contributed by atoms with Crippen LogP contribution in [0.2, 0.25) is 0 Å². The molecule has 1 amide bonds. The number of amides is 1. The lowest BCUT2D eigenvalue weighted by atomic mass is 10.0. The van der Waals surface area contributed by atoms with E-state index in [0.29, 0.717) is 47.4 Å². The second-order valence-electron chi connectivity index (χ2n) is 11.2. The van der Waals surface area contributed by atoms with Crippen molar-refractivity contribution >= 4 is 34.6 Å². The van der Waals surface area contributed by atoms with Crippen molar-refractivity contribution in [2.75, 3.05) is 67.5 Å². The maximum absolute atomic E-state index is 14.8. The number of hydroxylamine groups is 1. The van der Waals surface area contributed by atoms with Crippen molar-refractivity contribution in [3.05, 3.63) is 96.8 Å². The summed E-state index contributed by atoms with van der Waals surface area (Å²) in [7, 11) is 3.66. The predicted molar refractivity (Wildman–Crippen MR) is 176 cm³/mol. The molecule has 11 nitrogen and oxygen atoms in total. The molecule has 1 aromatic heterocycles. The molecule has 4 aromatic rings. The number of nitrogens with one attached hydrogen (secondary N) is 2. The average Bonchev–Trinajstić information content (AvgIpc) is 3.56. The molecule has 2 saturated heterocycles. The summed E-state index contributed by atoms with van der Waals surface area (Å²) in [5.74, 6) is 0.624. The van der Waals surface area contributed by atoms with E-state index in [4.69, 9.17) is 14.3 Å². The lowest BCUT2D eigenvalue weighted by molar-refractivity contribution is -0.111. The number of methoxy groups -OCH3 is 1. The van der Waals surface area contributed by atoms with Crippen LogP contribution in [0.25, 0.3) is 0 Å². The van der Waals surface area contributed by atoms with Gasteiger partial charge in [-0.1, -0.05) is 12.6 Å². The van der Waals surface area contributed by atoms with E-state index in [0.717, 1.165) is 31.9 Å². The monoisotopic (exact) mass is 643 g/mol. The molecule has 2 N–H and O–H groups in total. The van der Waals surface area contributed by atoms with E-state index in [9.17, 15) is 13.6 Å². The summed E-state index contributed by atoms with van der Waals surface area (Å²) in [5.41, 5.74) is 2.61. The molecule has 0 radical (unpaired) electrons. The van der Waals surface area contributed by atoms with Crippen LogP contribution in [0, 0.1) is 11.6 Å². The fraction of sp³-hybridized carbons (Fsp3) is 0.265. The number of ether oxygens (including phenoxy) is 2. The van der Waals surface area contributed by atoms with Gasteiger partial charge >= 0.3 is 0 Å². The quantitative estimate of drug-likeness (QED) is 0.198. The SMILES string of the molecule is C=CC(=O)Nc1cc(Nc2cc(N3OCCC3c3cc(F)cc(Oc4cccc(F)c4)c3)ncn2)c(OC)cc1N1CCN(C)CC1. The minimum absolute atomic E-state index is 0.231. The summed E-state index contributed by atoms with van der Waals surface area (Å²) in [5, 5.41) is 7.82. The van der Waals surface area contributed by atoms with E-state index in [1.807, 2.05) is 6.07 Å². The number of hydrogen-bond acceptors (Lipinski definition) is 10. The van der Waals surface area contributed by atoms with Crippen LogP contribution in [0.5, 0.6) is 17.2 Å². The molecular formula is C34H35F2N7O4. The van der Waals surface area contributed by atoms with E-state index in [1.165, 1.54) is 42.7 Å². The number of benzene rings is 3. The molecule has 2 aliphatic rings. The molecule has 2 fully saturated rings. The molecule has 3 aromatic carbocycles. The number of nitrogens with zero attached hydrogens (tertiary/aromatic N) is 5. The van der Waals surface area contributed by atoms with E-state index in [2.05, 4.69) is 44.0 Å². The Kier molecular flexibility index (Phi) is 9.45. The fourth-order valence-corrected chi connectivity index (χ4v) is 5.60. The van der Waals surface area contributed by atoms with Gasteiger partial charge in [-0.3, -0.25) is 9.63 Å². The second kappa shape index (κ2) is 14.0. The van der Waals surface area contributed by atoms with Gasteiger partial charge in [-0.05, 0) is 49.0 Å². The number of rotatable bonds is 10. The van der Waals surface area contributed by atoms with Gasteiger partial charge in [-0.25, -0.2) is 23.8 Å². The first-order valence-electron chi connectivity index (χ1n) is 15.1. The van der Waals surface area contributed by atoms with Crippen molar-refractivity contribution in [3.8, 4) is 17.2 Å². The van der Waals surface area contributed by atoms with Gasteiger partial charge in [0, 0.05) is 56.9 Å². The summed E-state index contributed by atoms with van der Waals surface area (Å²) in [4.78, 5) is 31.6. The number of carbonyl (C=O) groups is 1. The highest BCUT2D eigenvalue weighted by Gasteiger charge is 2.30. The van der Waals surface area contributed by atoms with Crippen molar-refractivity contribution < 1.29 is 27.9 Å². The number of likely N-dealkylation sites (N-methyl/N-ethyl adjacent to an activating group) is 1. The van der Waals surface area contributed by atoms with Crippen LogP contribution in [0.1, 0.15) is 18.0 Å². The van der Waals surface area contributed by atoms with Crippen LogP contribution in [0.15, 0.2) is 79.6 Å². The zero-order chi connectivity index (χ0) is 32.9. The topological polar surface area (TPSA) is 104 Å². The Labute approximate surface area is 271 Å². The molecule has 0 spiro atoms. The fourth-order valence-electron chi connectivity index (χ4n) is 5.60. The van der Waals surface area contributed by atoms with Gasteiger partial charge in [0.2, 0.25) is 5.91 Å². The molecule has 47 heavy (non-hydrogen) atoms. The summed E-state index contributed by atoms with van der Waals surface area (Å²) in [6.07, 6.45) is 3.18. The Hall–Kier alpha value is -5.27. The first-order valence-corrected chi connectivity index (χ1v) is 15.1. The minimum atomic E-state index is -0.503. The average molecular weight is 644 g/mol. The highest BCUT2D eigenvalue weighted by molar-refractivity contribution is 6.02. The second-order valence-corrected chi connectivity index (χ2v) is 11.2. The van der Waals surface area contributed by atoms with Crippen molar-refractivity contribution in [2.45, 2.75) is 12.5 Å². The molecular weight excluding hydrogens is 608 g/mol. The predicted octanol–water partition coefficient (Wildman–Crippen LogP) is 6.06. The molecule has 0 aliphatic carbocycles. The molecule has 13 heteroatoms. The summed E-state index contributed by atoms with van der Waals surface area (Å²) in [6.45, 7) is 7.32. The van der Waals surface area contributed by atoms with Gasteiger partial charge in [-0.15, -0.1) is 0 Å². The van der Waals surface area contributed by atoms with Crippen molar-refractivity contribution in [1.29, 1.82) is 0 Å². The van der Waals surface area contributed by atoms with Gasteiger partial charge in [0.1, 0.15) is 41.0 Å². The number of carbonyl (C=O) groups excluding carboxylic acids is 1. The molecule has 0 saturated carbocycles. The zero-order valence-electron chi connectivity index (χ0n) is 26.1. The first kappa shape index (κ1) is 31.7. The van der Waals surface area contributed by atoms with Gasteiger partial charge in [0.25, 0.3) is 0 Å². The van der Waals surface area contributed by atoms with Crippen molar-refractivity contribution in [2.24, 2.45) is 0 Å². The maximum Gasteiger partial charge on any atom is 0.247 e. The Morgan fingerprint density at radius 1 is 1.00 bits per heavy atom. The molecule has 3 heterocycles. The van der Waals surface area contributed by atoms with Gasteiger partial charge in [0.05, 0.1) is 36.8 Å². The van der Waals surface area contributed by atoms with Crippen LogP contribution in [-0.4, -0.2) is 67.7 Å². The highest BCUT2D eigenvalue weighted by atomic mass is 19.1. The molecule has 244 valence electrons. The lowest BCUT2D eigenvalue weighted by Crippen LogP contribution is -2.44. The third-order valence-corrected chi connectivity index (χ3v) is 7.96. The van der Waals surface area contributed by atoms with Gasteiger partial charge < -0.3 is 29.9 Å². The normalized spacial score (nSPS) is 16.6. The summed E-state index contributed by atoms with van der Waals surface area (Å²) < 4.78 is 40.0. The number of anilines is 5. The van der Waals surface area contributed by atoms with E-state index in [1.54, 1.807) is 36.4 Å². The molecule has 2 aliphatic heterocycles. The number of halogens is 2. The summed E-state index contributed by atoms with van der Waals surface area (Å²) >= 11 is 0. The third-order valence-electron chi connectivity index (χ3n) is 7.96. The summed E-state index contributed by atoms with van der Waals surface area (Å²) in [6, 6.07) is 15.0. The Morgan fingerprint density at radius 3 is 2.57 bits per heavy atom. The van der Waals surface area contributed by atoms with Crippen molar-refractivity contribution in [3.63, 3.8) is 0 Å². The van der Waals surface area contributed by atoms with Crippen molar-refractivity contribution in [1.82, 2.24) is 14.9 Å². The lowest BCUT2D eigenvalue weighted by Gasteiger charge is -2.35. The van der Waals surface area contributed by atoms with Gasteiger partial charge in [0.15, 0.2) is 5.82 Å². The van der Waals surface area contributed by atoms with Crippen LogP contribution in [-0.2, 0) is 9.63 Å². The standard InChI is InChI=1S/C34H35F2N7O4/c1-4-34(44)40-27-18-28(31(45-3)19-30(27)42-11-9-41(2)10-12-42)39-32-20-33(38-21-37-32)43-29(8-13-46-43)22-14-24(36)17-26(15-22)47-25-7-5-6-23(35)16-25/h4-7,14-21,29H,1,8-13H2,2-3H3,(H,40,44)(H,37,38,39). The molecule has 1 unspecified atom stereocenters. The minimum Gasteiger partial charge on any atom is -0.494 e. The smallest absolute Gasteiger partial charge is 0.247 e. The van der Waals surface area contributed by atoms with Crippen LogP contribution in [0.3, 0.4) is 0 Å². The largest absolute Gasteiger partial charge is 0.494 e. The Balaban J connectivity index is 1.26. The number of hydrogen-bond donors (Lipinski definition) is 2. The molecule has 0 bridgehead atoms. The number of piperazine rings is 1. The van der Waals surface area contributed by atoms with Crippen LogP contribution in [0.4, 0.5) is 37.5 Å².